The maximum absolute atomic E-state index is 11.6. The number of hydrogen-bond donors (Lipinski definition) is 3. The van der Waals surface area contributed by atoms with Crippen LogP contribution in [-0.2, 0) is 6.54 Å². The number of carbonyl (C=O) groups is 1. The first kappa shape index (κ1) is 13.0. The number of rotatable bonds is 4. The highest BCUT2D eigenvalue weighted by atomic mass is 16.3. The summed E-state index contributed by atoms with van der Waals surface area (Å²) in [6.07, 6.45) is 2.55. The van der Waals surface area contributed by atoms with Gasteiger partial charge in [-0.3, -0.25) is 0 Å². The molecule has 0 spiro atoms. The molecule has 1 aromatic heterocycles. The Labute approximate surface area is 117 Å². The van der Waals surface area contributed by atoms with E-state index in [2.05, 4.69) is 10.6 Å². The zero-order valence-corrected chi connectivity index (χ0v) is 11.2. The lowest BCUT2D eigenvalue weighted by Gasteiger charge is -2.36. The number of furan rings is 1. The maximum Gasteiger partial charge on any atom is 0.315 e. The Balaban J connectivity index is 1.49. The zero-order valence-electron chi connectivity index (χ0n) is 11.2. The van der Waals surface area contributed by atoms with Gasteiger partial charge in [0.15, 0.2) is 0 Å². The summed E-state index contributed by atoms with van der Waals surface area (Å²) in [6.45, 7) is 0.637. The monoisotopic (exact) mass is 274 g/mol. The standard InChI is InChI=1S/C15H18N2O3/c18-14(17-10-15(19)6-3-7-15)16-9-12-8-11-4-1-2-5-13(11)20-12/h1-2,4-5,8,19H,3,6-7,9-10H2,(H2,16,17,18). The molecule has 0 radical (unpaired) electrons. The number of urea groups is 1. The Morgan fingerprint density at radius 3 is 2.80 bits per heavy atom. The summed E-state index contributed by atoms with van der Waals surface area (Å²) in [5.41, 5.74) is 0.116. The topological polar surface area (TPSA) is 74.5 Å². The second-order valence-electron chi connectivity index (χ2n) is 5.36. The quantitative estimate of drug-likeness (QED) is 0.799. The lowest BCUT2D eigenvalue weighted by atomic mass is 9.80. The van der Waals surface area contributed by atoms with E-state index in [9.17, 15) is 9.90 Å². The average molecular weight is 274 g/mol. The minimum absolute atomic E-state index is 0.286. The zero-order chi connectivity index (χ0) is 14.0. The lowest BCUT2D eigenvalue weighted by molar-refractivity contribution is -0.0290. The number of carbonyl (C=O) groups excluding carboxylic acids is 1. The number of benzene rings is 1. The van der Waals surface area contributed by atoms with Crippen molar-refractivity contribution in [1.29, 1.82) is 0 Å². The molecule has 1 aromatic carbocycles. The number of fused-ring (bicyclic) bond motifs is 1. The average Bonchev–Trinajstić information content (AvgIpc) is 2.83. The van der Waals surface area contributed by atoms with Crippen molar-refractivity contribution in [3.63, 3.8) is 0 Å². The van der Waals surface area contributed by atoms with Crippen molar-refractivity contribution in [2.24, 2.45) is 0 Å². The third-order valence-electron chi connectivity index (χ3n) is 3.76. The summed E-state index contributed by atoms with van der Waals surface area (Å²) in [7, 11) is 0. The molecule has 1 heterocycles. The van der Waals surface area contributed by atoms with Gasteiger partial charge in [0.2, 0.25) is 0 Å². The molecule has 106 valence electrons. The SMILES string of the molecule is O=C(NCc1cc2ccccc2o1)NCC1(O)CCC1. The highest BCUT2D eigenvalue weighted by Gasteiger charge is 2.34. The molecule has 20 heavy (non-hydrogen) atoms. The first-order chi connectivity index (χ1) is 9.65. The molecule has 1 saturated carbocycles. The fourth-order valence-corrected chi connectivity index (χ4v) is 2.36. The second kappa shape index (κ2) is 5.17. The largest absolute Gasteiger partial charge is 0.459 e. The van der Waals surface area contributed by atoms with E-state index in [0.717, 1.165) is 30.2 Å². The number of amides is 2. The third-order valence-corrected chi connectivity index (χ3v) is 3.76. The molecular weight excluding hydrogens is 256 g/mol. The molecule has 1 fully saturated rings. The van der Waals surface area contributed by atoms with Crippen molar-refractivity contribution >= 4 is 17.0 Å². The Bertz CT molecular complexity index is 583. The first-order valence-corrected chi connectivity index (χ1v) is 6.86. The van der Waals surface area contributed by atoms with Gasteiger partial charge in [0.05, 0.1) is 12.1 Å². The van der Waals surface area contributed by atoms with Gasteiger partial charge >= 0.3 is 6.03 Å². The predicted molar refractivity (Wildman–Crippen MR) is 75.3 cm³/mol. The molecule has 0 aliphatic heterocycles. The Kier molecular flexibility index (Phi) is 3.36. The Morgan fingerprint density at radius 1 is 1.30 bits per heavy atom. The number of hydrogen-bond acceptors (Lipinski definition) is 3. The van der Waals surface area contributed by atoms with Crippen LogP contribution in [0.15, 0.2) is 34.7 Å². The van der Waals surface area contributed by atoms with Crippen LogP contribution in [0.4, 0.5) is 4.79 Å². The number of nitrogens with one attached hydrogen (secondary N) is 2. The molecule has 2 aromatic rings. The molecule has 3 rings (SSSR count). The van der Waals surface area contributed by atoms with E-state index in [-0.39, 0.29) is 6.03 Å². The number of para-hydroxylation sites is 1. The van der Waals surface area contributed by atoms with Crippen molar-refractivity contribution in [3.05, 3.63) is 36.1 Å². The lowest BCUT2D eigenvalue weighted by Crippen LogP contribution is -2.49. The minimum atomic E-state index is -0.698. The summed E-state index contributed by atoms with van der Waals surface area (Å²) in [5, 5.41) is 16.3. The summed E-state index contributed by atoms with van der Waals surface area (Å²) in [5.74, 6) is 0.712. The highest BCUT2D eigenvalue weighted by molar-refractivity contribution is 5.78. The van der Waals surface area contributed by atoms with Crippen molar-refractivity contribution in [2.75, 3.05) is 6.54 Å². The van der Waals surface area contributed by atoms with Crippen molar-refractivity contribution in [2.45, 2.75) is 31.4 Å². The molecule has 0 saturated heterocycles. The molecule has 0 unspecified atom stereocenters. The van der Waals surface area contributed by atoms with Gasteiger partial charge in [0.25, 0.3) is 0 Å². The molecule has 0 atom stereocenters. The van der Waals surface area contributed by atoms with Crippen molar-refractivity contribution in [1.82, 2.24) is 10.6 Å². The normalized spacial score (nSPS) is 16.6. The van der Waals surface area contributed by atoms with Gasteiger partial charge in [-0.15, -0.1) is 0 Å². The Hall–Kier alpha value is -2.01. The molecule has 0 bridgehead atoms. The maximum atomic E-state index is 11.6. The fraction of sp³-hybridized carbons (Fsp3) is 0.400. The molecular formula is C15H18N2O3. The van der Waals surface area contributed by atoms with E-state index in [1.165, 1.54) is 0 Å². The van der Waals surface area contributed by atoms with E-state index >= 15 is 0 Å². The third kappa shape index (κ3) is 2.77. The van der Waals surface area contributed by atoms with E-state index in [4.69, 9.17) is 4.42 Å². The van der Waals surface area contributed by atoms with Crippen LogP contribution in [0.5, 0.6) is 0 Å². The van der Waals surface area contributed by atoms with E-state index in [1.54, 1.807) is 0 Å². The van der Waals surface area contributed by atoms with Crippen LogP contribution in [-0.4, -0.2) is 23.3 Å². The summed E-state index contributed by atoms with van der Waals surface area (Å²) in [6, 6.07) is 9.34. The van der Waals surface area contributed by atoms with E-state index in [1.807, 2.05) is 30.3 Å². The highest BCUT2D eigenvalue weighted by Crippen LogP contribution is 2.30. The van der Waals surface area contributed by atoms with Crippen LogP contribution < -0.4 is 10.6 Å². The van der Waals surface area contributed by atoms with Gasteiger partial charge in [0.1, 0.15) is 11.3 Å². The van der Waals surface area contributed by atoms with Gasteiger partial charge in [-0.05, 0) is 31.4 Å². The predicted octanol–water partition coefficient (Wildman–Crippen LogP) is 2.15. The summed E-state index contributed by atoms with van der Waals surface area (Å²) < 4.78 is 5.60. The summed E-state index contributed by atoms with van der Waals surface area (Å²) >= 11 is 0. The van der Waals surface area contributed by atoms with Gasteiger partial charge in [-0.1, -0.05) is 18.2 Å². The molecule has 5 nitrogen and oxygen atoms in total. The first-order valence-electron chi connectivity index (χ1n) is 6.86. The summed E-state index contributed by atoms with van der Waals surface area (Å²) in [4.78, 5) is 11.6. The van der Waals surface area contributed by atoms with Crippen LogP contribution in [0.2, 0.25) is 0 Å². The van der Waals surface area contributed by atoms with Gasteiger partial charge in [-0.2, -0.15) is 0 Å². The van der Waals surface area contributed by atoms with Crippen LogP contribution in [0, 0.1) is 0 Å². The van der Waals surface area contributed by atoms with Gasteiger partial charge in [-0.25, -0.2) is 4.79 Å². The Morgan fingerprint density at radius 2 is 2.10 bits per heavy atom. The van der Waals surface area contributed by atoms with Gasteiger partial charge in [0, 0.05) is 11.9 Å². The van der Waals surface area contributed by atoms with E-state index < -0.39 is 5.60 Å². The van der Waals surface area contributed by atoms with Crippen LogP contribution in [0.25, 0.3) is 11.0 Å². The van der Waals surface area contributed by atoms with E-state index in [0.29, 0.717) is 18.8 Å². The fourth-order valence-electron chi connectivity index (χ4n) is 2.36. The van der Waals surface area contributed by atoms with Crippen LogP contribution in [0.3, 0.4) is 0 Å². The van der Waals surface area contributed by atoms with Crippen molar-refractivity contribution < 1.29 is 14.3 Å². The van der Waals surface area contributed by atoms with Crippen LogP contribution >= 0.6 is 0 Å². The molecule has 1 aliphatic carbocycles. The number of aliphatic hydroxyl groups is 1. The van der Waals surface area contributed by atoms with Gasteiger partial charge < -0.3 is 20.2 Å². The molecule has 5 heteroatoms. The second-order valence-corrected chi connectivity index (χ2v) is 5.36. The molecule has 3 N–H and O–H groups in total. The molecule has 2 amide bonds. The smallest absolute Gasteiger partial charge is 0.315 e. The minimum Gasteiger partial charge on any atom is -0.459 e. The molecule has 1 aliphatic rings. The van der Waals surface area contributed by atoms with Crippen molar-refractivity contribution in [3.8, 4) is 0 Å². The van der Waals surface area contributed by atoms with Crippen LogP contribution in [0.1, 0.15) is 25.0 Å².